The second-order valence-electron chi connectivity index (χ2n) is 1.40. The van der Waals surface area contributed by atoms with Crippen LogP contribution in [0.4, 0.5) is 13.2 Å². The maximum atomic E-state index is 11.4. The van der Waals surface area contributed by atoms with Crippen LogP contribution in [0.2, 0.25) is 0 Å². The molecular weight excluding hydrogens is 185 g/mol. The van der Waals surface area contributed by atoms with Crippen molar-refractivity contribution < 1.29 is 17.7 Å². The molecule has 0 bridgehead atoms. The van der Waals surface area contributed by atoms with Gasteiger partial charge >= 0.3 is 6.18 Å². The minimum atomic E-state index is -4.13. The van der Waals surface area contributed by atoms with Gasteiger partial charge in [0.2, 0.25) is 0 Å². The molecule has 0 radical (unpaired) electrons. The third-order valence-corrected chi connectivity index (χ3v) is 1.26. The molecule has 0 rings (SSSR count). The highest BCUT2D eigenvalue weighted by Gasteiger charge is 2.26. The molecule has 7 heteroatoms. The first-order chi connectivity index (χ1) is 4.56. The number of nitrogens with zero attached hydrogens (tertiary/aromatic N) is 1. The fourth-order valence-corrected chi connectivity index (χ4v) is 0.675. The molecule has 10 heavy (non-hydrogen) atoms. The Kier molecular flexibility index (Phi) is 5.14. The summed E-state index contributed by atoms with van der Waals surface area (Å²) in [5.74, 6) is 0. The number of hydrogen-bond acceptors (Lipinski definition) is 2. The topological polar surface area (TPSA) is 21.6 Å². The second-order valence-corrected chi connectivity index (χ2v) is 2.74. The van der Waals surface area contributed by atoms with E-state index in [1.54, 1.807) is 0 Å². The molecule has 0 aromatic carbocycles. The molecule has 0 aliphatic heterocycles. The van der Waals surface area contributed by atoms with Gasteiger partial charge in [-0.1, -0.05) is 0 Å². The third kappa shape index (κ3) is 8.28. The van der Waals surface area contributed by atoms with Crippen LogP contribution in [0.3, 0.4) is 0 Å². The van der Waals surface area contributed by atoms with Gasteiger partial charge in [0.25, 0.3) is 0 Å². The molecule has 60 valence electrons. The molecule has 0 saturated heterocycles. The van der Waals surface area contributed by atoms with E-state index >= 15 is 0 Å². The Balaban J connectivity index is 3.20. The molecule has 0 spiro atoms. The first-order valence-corrected chi connectivity index (χ1v) is 3.63. The van der Waals surface area contributed by atoms with Crippen molar-refractivity contribution in [2.75, 3.05) is 6.61 Å². The minimum Gasteiger partial charge on any atom is -0.311 e. The van der Waals surface area contributed by atoms with E-state index in [2.05, 4.69) is 9.04 Å². The zero-order valence-electron chi connectivity index (χ0n) is 4.93. The average molecular weight is 191 g/mol. The van der Waals surface area contributed by atoms with E-state index in [0.29, 0.717) is 0 Å². The van der Waals surface area contributed by atoms with Gasteiger partial charge in [0.15, 0.2) is 8.60 Å². The molecule has 0 aromatic rings. The standard InChI is InChI=1S/C3H6F3NOP2/c4-3(5,6)1-2-8-10-7-9/h1-2,9H2. The minimum absolute atomic E-state index is 0.213. The number of hydrogen-bond donors (Lipinski definition) is 0. The quantitative estimate of drug-likeness (QED) is 0.496. The molecule has 0 saturated carbocycles. The lowest BCUT2D eigenvalue weighted by Crippen LogP contribution is -2.09. The van der Waals surface area contributed by atoms with Crippen LogP contribution in [0.25, 0.3) is 0 Å². The van der Waals surface area contributed by atoms with Gasteiger partial charge in [-0.2, -0.15) is 13.2 Å². The largest absolute Gasteiger partial charge is 0.391 e. The van der Waals surface area contributed by atoms with E-state index < -0.39 is 12.6 Å². The monoisotopic (exact) mass is 191 g/mol. The summed E-state index contributed by atoms with van der Waals surface area (Å²) in [6.45, 7) is -0.330. The molecule has 0 aromatic heterocycles. The number of alkyl halides is 3. The predicted molar refractivity (Wildman–Crippen MR) is 35.7 cm³/mol. The molecule has 0 amide bonds. The average Bonchev–Trinajstić information content (AvgIpc) is 1.78. The summed E-state index contributed by atoms with van der Waals surface area (Å²) in [5, 5.41) is 0. The maximum absolute atomic E-state index is 11.4. The smallest absolute Gasteiger partial charge is 0.311 e. The predicted octanol–water partition coefficient (Wildman–Crippen LogP) is 2.79. The first-order valence-electron chi connectivity index (χ1n) is 2.35. The van der Waals surface area contributed by atoms with Crippen molar-refractivity contribution >= 4 is 18.0 Å². The molecule has 0 N–H and O–H groups in total. The van der Waals surface area contributed by atoms with Gasteiger partial charge < -0.3 is 4.52 Å². The summed E-state index contributed by atoms with van der Waals surface area (Å²) < 4.78 is 41.9. The Hall–Kier alpha value is 0.280. The van der Waals surface area contributed by atoms with Gasteiger partial charge in [0.1, 0.15) is 0 Å². The molecule has 1 atom stereocenters. The van der Waals surface area contributed by atoms with E-state index in [1.165, 1.54) is 0 Å². The van der Waals surface area contributed by atoms with Crippen LogP contribution in [0.1, 0.15) is 6.42 Å². The van der Waals surface area contributed by atoms with Crippen LogP contribution in [-0.2, 0) is 4.52 Å². The summed E-state index contributed by atoms with van der Waals surface area (Å²) >= 11 is 0. The van der Waals surface area contributed by atoms with Crippen LogP contribution < -0.4 is 0 Å². The maximum Gasteiger partial charge on any atom is 0.391 e. The number of rotatable bonds is 3. The van der Waals surface area contributed by atoms with Crippen LogP contribution in [-0.4, -0.2) is 12.8 Å². The Morgan fingerprint density at radius 2 is 2.10 bits per heavy atom. The fourth-order valence-electron chi connectivity index (χ4n) is 0.236. The summed E-state index contributed by atoms with van der Waals surface area (Å²) in [7, 11) is 2.20. The molecule has 2 nitrogen and oxygen atoms in total. The van der Waals surface area contributed by atoms with Crippen molar-refractivity contribution in [3.8, 4) is 0 Å². The Morgan fingerprint density at radius 1 is 1.50 bits per heavy atom. The van der Waals surface area contributed by atoms with E-state index in [1.807, 2.05) is 9.39 Å². The summed E-state index contributed by atoms with van der Waals surface area (Å²) in [6, 6.07) is 0. The van der Waals surface area contributed by atoms with Gasteiger partial charge in [-0.15, -0.1) is 0 Å². The molecule has 0 aliphatic rings. The second kappa shape index (κ2) is 5.00. The van der Waals surface area contributed by atoms with Crippen molar-refractivity contribution in [3.05, 3.63) is 0 Å². The number of halogens is 3. The third-order valence-electron chi connectivity index (χ3n) is 0.582. The zero-order chi connectivity index (χ0) is 8.04. The van der Waals surface area contributed by atoms with E-state index in [9.17, 15) is 13.2 Å². The van der Waals surface area contributed by atoms with Crippen LogP contribution in [0.5, 0.6) is 0 Å². The van der Waals surface area contributed by atoms with Gasteiger partial charge in [-0.05, 0) is 9.39 Å². The van der Waals surface area contributed by atoms with Crippen LogP contribution in [0, 0.1) is 0 Å². The summed E-state index contributed by atoms with van der Waals surface area (Å²) in [6.07, 6.45) is -5.05. The Labute approximate surface area is 60.4 Å². The Bertz CT molecular complexity index is 115. The summed E-state index contributed by atoms with van der Waals surface area (Å²) in [4.78, 5) is 0. The van der Waals surface area contributed by atoms with Crippen LogP contribution in [0.15, 0.2) is 4.52 Å². The van der Waals surface area contributed by atoms with Crippen LogP contribution >= 0.6 is 18.0 Å². The van der Waals surface area contributed by atoms with Crippen molar-refractivity contribution in [3.63, 3.8) is 0 Å². The fraction of sp³-hybridized carbons (Fsp3) is 1.00. The Morgan fingerprint density at radius 3 is 2.50 bits per heavy atom. The van der Waals surface area contributed by atoms with Gasteiger partial charge in [-0.3, -0.25) is 0 Å². The molecule has 0 heterocycles. The van der Waals surface area contributed by atoms with E-state index in [0.717, 1.165) is 0 Å². The SMILES string of the molecule is FC(F)(F)CCOP=NP. The lowest BCUT2D eigenvalue weighted by atomic mass is 10.5. The van der Waals surface area contributed by atoms with Gasteiger partial charge in [0.05, 0.1) is 13.0 Å². The highest BCUT2D eigenvalue weighted by molar-refractivity contribution is 7.31. The van der Waals surface area contributed by atoms with E-state index in [4.69, 9.17) is 0 Å². The normalized spacial score (nSPS) is 12.8. The van der Waals surface area contributed by atoms with Gasteiger partial charge in [-0.25, -0.2) is 4.52 Å². The first kappa shape index (κ1) is 10.3. The highest BCUT2D eigenvalue weighted by Crippen LogP contribution is 2.20. The lowest BCUT2D eigenvalue weighted by molar-refractivity contribution is -0.139. The van der Waals surface area contributed by atoms with Gasteiger partial charge in [0, 0.05) is 0 Å². The lowest BCUT2D eigenvalue weighted by Gasteiger charge is -2.02. The molecule has 0 aliphatic carbocycles. The van der Waals surface area contributed by atoms with Crippen molar-refractivity contribution in [2.24, 2.45) is 4.52 Å². The zero-order valence-corrected chi connectivity index (χ0v) is 6.98. The van der Waals surface area contributed by atoms with E-state index in [-0.39, 0.29) is 15.2 Å². The molecule has 1 unspecified atom stereocenters. The molecule has 0 fully saturated rings. The summed E-state index contributed by atoms with van der Waals surface area (Å²) in [5.41, 5.74) is 0. The van der Waals surface area contributed by atoms with Crippen molar-refractivity contribution in [1.29, 1.82) is 0 Å². The van der Waals surface area contributed by atoms with Crippen molar-refractivity contribution in [1.82, 2.24) is 0 Å². The highest BCUT2D eigenvalue weighted by atomic mass is 31.1. The molecular formula is C3H6F3NOP2. The van der Waals surface area contributed by atoms with Crippen molar-refractivity contribution in [2.45, 2.75) is 12.6 Å².